The lowest BCUT2D eigenvalue weighted by atomic mass is 10.1. The normalized spacial score (nSPS) is 10.8. The molecule has 0 aliphatic rings. The highest BCUT2D eigenvalue weighted by atomic mass is 32.1. The maximum Gasteiger partial charge on any atom is 0.0270 e. The summed E-state index contributed by atoms with van der Waals surface area (Å²) in [5.41, 5.74) is 1.23. The van der Waals surface area contributed by atoms with Gasteiger partial charge in [-0.15, -0.1) is 11.3 Å². The number of rotatable bonds is 5. The van der Waals surface area contributed by atoms with Crippen molar-refractivity contribution in [3.63, 3.8) is 0 Å². The quantitative estimate of drug-likeness (QED) is 0.602. The van der Waals surface area contributed by atoms with Crippen molar-refractivity contribution >= 4 is 17.4 Å². The van der Waals surface area contributed by atoms with Crippen LogP contribution in [0.3, 0.4) is 0 Å². The summed E-state index contributed by atoms with van der Waals surface area (Å²) in [5.74, 6) is 0. The molecule has 0 radical (unpaired) electrons. The molecule has 0 N–H and O–H groups in total. The van der Waals surface area contributed by atoms with Gasteiger partial charge in [-0.2, -0.15) is 0 Å². The van der Waals surface area contributed by atoms with Gasteiger partial charge in [-0.3, -0.25) is 0 Å². The van der Waals surface area contributed by atoms with Crippen molar-refractivity contribution in [3.05, 3.63) is 40.6 Å². The Labute approximate surface area is 84.6 Å². The molecule has 1 heterocycles. The lowest BCUT2D eigenvalue weighted by Gasteiger charge is -1.95. The maximum atomic E-state index is 4.01. The zero-order valence-electron chi connectivity index (χ0n) is 8.12. The third-order valence-corrected chi connectivity index (χ3v) is 2.72. The van der Waals surface area contributed by atoms with Crippen LogP contribution in [-0.2, 0) is 0 Å². The zero-order valence-corrected chi connectivity index (χ0v) is 8.94. The lowest BCUT2D eigenvalue weighted by Crippen LogP contribution is -1.75. The third-order valence-electron chi connectivity index (χ3n) is 1.88. The highest BCUT2D eigenvalue weighted by molar-refractivity contribution is 7.10. The molecule has 0 saturated carbocycles. The van der Waals surface area contributed by atoms with Crippen LogP contribution in [0.2, 0.25) is 0 Å². The minimum Gasteiger partial charge on any atom is -0.144 e. The van der Waals surface area contributed by atoms with E-state index < -0.39 is 0 Å². The van der Waals surface area contributed by atoms with E-state index in [1.165, 1.54) is 23.3 Å². The van der Waals surface area contributed by atoms with Gasteiger partial charge in [0.05, 0.1) is 0 Å². The van der Waals surface area contributed by atoms with Crippen LogP contribution in [-0.4, -0.2) is 0 Å². The summed E-state index contributed by atoms with van der Waals surface area (Å²) >= 11 is 1.76. The molecule has 1 heteroatoms. The third kappa shape index (κ3) is 4.09. The van der Waals surface area contributed by atoms with Crippen LogP contribution in [0.25, 0.3) is 6.08 Å². The predicted octanol–water partition coefficient (Wildman–Crippen LogP) is 4.51. The molecule has 0 aliphatic heterocycles. The smallest absolute Gasteiger partial charge is 0.0270 e. The van der Waals surface area contributed by atoms with Gasteiger partial charge in [0.15, 0.2) is 0 Å². The Morgan fingerprint density at radius 1 is 1.62 bits per heavy atom. The minimum atomic E-state index is 1.12. The molecule has 13 heavy (non-hydrogen) atoms. The topological polar surface area (TPSA) is 0 Å². The number of allylic oxidation sites excluding steroid dienone is 2. The zero-order chi connectivity index (χ0) is 9.52. The van der Waals surface area contributed by atoms with Crippen molar-refractivity contribution < 1.29 is 0 Å². The number of thiophene rings is 1. The van der Waals surface area contributed by atoms with E-state index in [1.807, 2.05) is 0 Å². The molecule has 0 aromatic carbocycles. The second-order valence-electron chi connectivity index (χ2n) is 3.11. The molecule has 0 bridgehead atoms. The molecule has 0 atom stereocenters. The van der Waals surface area contributed by atoms with Gasteiger partial charge >= 0.3 is 0 Å². The molecule has 0 fully saturated rings. The number of unbranched alkanes of at least 4 members (excludes halogenated alkanes) is 1. The second kappa shape index (κ2) is 5.76. The molecule has 0 unspecified atom stereocenters. The summed E-state index contributed by atoms with van der Waals surface area (Å²) in [5, 5.41) is 2.09. The number of hydrogen-bond donors (Lipinski definition) is 0. The van der Waals surface area contributed by atoms with Crippen molar-refractivity contribution in [1.29, 1.82) is 0 Å². The average molecular weight is 192 g/mol. The van der Waals surface area contributed by atoms with Gasteiger partial charge in [-0.1, -0.05) is 37.6 Å². The second-order valence-corrected chi connectivity index (χ2v) is 4.09. The van der Waals surface area contributed by atoms with Crippen LogP contribution in [0.5, 0.6) is 0 Å². The fourth-order valence-electron chi connectivity index (χ4n) is 1.07. The first-order valence-corrected chi connectivity index (χ1v) is 5.60. The van der Waals surface area contributed by atoms with E-state index in [0.29, 0.717) is 0 Å². The number of hydrogen-bond acceptors (Lipinski definition) is 1. The molecular formula is C12H16S. The largest absolute Gasteiger partial charge is 0.144 e. The summed E-state index contributed by atoms with van der Waals surface area (Å²) in [4.78, 5) is 1.30. The Morgan fingerprint density at radius 3 is 3.08 bits per heavy atom. The van der Waals surface area contributed by atoms with E-state index in [2.05, 4.69) is 43.2 Å². The molecule has 1 rings (SSSR count). The molecule has 0 amide bonds. The van der Waals surface area contributed by atoms with Gasteiger partial charge in [0, 0.05) is 4.88 Å². The summed E-state index contributed by atoms with van der Waals surface area (Å²) in [7, 11) is 0. The van der Waals surface area contributed by atoms with Crippen LogP contribution in [0.4, 0.5) is 0 Å². The van der Waals surface area contributed by atoms with Crippen molar-refractivity contribution in [3.8, 4) is 0 Å². The summed E-state index contributed by atoms with van der Waals surface area (Å²) in [6, 6.07) is 4.19. The van der Waals surface area contributed by atoms with Gasteiger partial charge in [0.25, 0.3) is 0 Å². The SMILES string of the molecule is C=C(/C=C/c1cccs1)CCCC. The monoisotopic (exact) mass is 192 g/mol. The summed E-state index contributed by atoms with van der Waals surface area (Å²) < 4.78 is 0. The Balaban J connectivity index is 2.35. The van der Waals surface area contributed by atoms with Crippen LogP contribution in [0, 0.1) is 0 Å². The van der Waals surface area contributed by atoms with Crippen molar-refractivity contribution in [1.82, 2.24) is 0 Å². The van der Waals surface area contributed by atoms with E-state index in [4.69, 9.17) is 0 Å². The highest BCUT2D eigenvalue weighted by Gasteiger charge is 1.89. The molecule has 70 valence electrons. The van der Waals surface area contributed by atoms with Crippen molar-refractivity contribution in [2.24, 2.45) is 0 Å². The fraction of sp³-hybridized carbons (Fsp3) is 0.333. The minimum absolute atomic E-state index is 1.12. The van der Waals surface area contributed by atoms with Crippen LogP contribution >= 0.6 is 11.3 Å². The molecule has 1 aromatic heterocycles. The van der Waals surface area contributed by atoms with Gasteiger partial charge in [-0.25, -0.2) is 0 Å². The molecule has 0 saturated heterocycles. The van der Waals surface area contributed by atoms with E-state index in [9.17, 15) is 0 Å². The van der Waals surface area contributed by atoms with Crippen molar-refractivity contribution in [2.45, 2.75) is 26.2 Å². The van der Waals surface area contributed by atoms with E-state index in [0.717, 1.165) is 6.42 Å². The van der Waals surface area contributed by atoms with E-state index >= 15 is 0 Å². The van der Waals surface area contributed by atoms with Gasteiger partial charge in [0.2, 0.25) is 0 Å². The van der Waals surface area contributed by atoms with Gasteiger partial charge < -0.3 is 0 Å². The van der Waals surface area contributed by atoms with Crippen LogP contribution in [0.1, 0.15) is 31.1 Å². The van der Waals surface area contributed by atoms with E-state index in [-0.39, 0.29) is 0 Å². The molecule has 1 aromatic rings. The Morgan fingerprint density at radius 2 is 2.46 bits per heavy atom. The first-order chi connectivity index (χ1) is 6.33. The first kappa shape index (κ1) is 10.3. The van der Waals surface area contributed by atoms with Gasteiger partial charge in [-0.05, 0) is 30.4 Å². The standard InChI is InChI=1S/C12H16S/c1-3-4-6-11(2)8-9-12-7-5-10-13-12/h5,7-10H,2-4,6H2,1H3/b9-8+. The summed E-state index contributed by atoms with van der Waals surface area (Å²) in [6.45, 7) is 6.21. The van der Waals surface area contributed by atoms with Crippen LogP contribution < -0.4 is 0 Å². The lowest BCUT2D eigenvalue weighted by molar-refractivity contribution is 0.800. The molecule has 0 nitrogen and oxygen atoms in total. The maximum absolute atomic E-state index is 4.01. The Hall–Kier alpha value is -0.820. The highest BCUT2D eigenvalue weighted by Crippen LogP contribution is 2.13. The predicted molar refractivity (Wildman–Crippen MR) is 62.0 cm³/mol. The average Bonchev–Trinajstić information content (AvgIpc) is 2.64. The molecular weight excluding hydrogens is 176 g/mol. The van der Waals surface area contributed by atoms with Gasteiger partial charge in [0.1, 0.15) is 0 Å². The Bertz CT molecular complexity index is 267. The van der Waals surface area contributed by atoms with Crippen LogP contribution in [0.15, 0.2) is 35.7 Å². The fourth-order valence-corrected chi connectivity index (χ4v) is 1.69. The summed E-state index contributed by atoms with van der Waals surface area (Å²) in [6.07, 6.45) is 7.88. The molecule has 0 aliphatic carbocycles. The first-order valence-electron chi connectivity index (χ1n) is 4.72. The Kier molecular flexibility index (Phi) is 4.55. The van der Waals surface area contributed by atoms with E-state index in [1.54, 1.807) is 11.3 Å². The molecule has 0 spiro atoms. The van der Waals surface area contributed by atoms with Crippen molar-refractivity contribution in [2.75, 3.05) is 0 Å².